The Kier molecular flexibility index (Phi) is 3.05. The van der Waals surface area contributed by atoms with Crippen molar-refractivity contribution in [1.29, 1.82) is 0 Å². The standard InChI is InChI=1S/C18H28O2/c1-18-9-8-14-13-5-3-12(19)10-11(13)2-4-15(14)16(18)6-7-17(18)20/h10,12-17,19-20H,2-9H2,1H3/t12-,13+,14+,15+,16+,17-,18-/m0/s1. The van der Waals surface area contributed by atoms with Crippen LogP contribution in [0.5, 0.6) is 0 Å². The Morgan fingerprint density at radius 2 is 1.85 bits per heavy atom. The van der Waals surface area contributed by atoms with Crippen LogP contribution in [0.1, 0.15) is 58.3 Å². The molecule has 0 radical (unpaired) electrons. The van der Waals surface area contributed by atoms with Gasteiger partial charge in [-0.25, -0.2) is 0 Å². The molecule has 0 aromatic rings. The van der Waals surface area contributed by atoms with Crippen LogP contribution in [0.4, 0.5) is 0 Å². The van der Waals surface area contributed by atoms with E-state index in [1.54, 1.807) is 5.57 Å². The van der Waals surface area contributed by atoms with Gasteiger partial charge in [0, 0.05) is 0 Å². The molecule has 3 saturated carbocycles. The Hall–Kier alpha value is -0.340. The van der Waals surface area contributed by atoms with E-state index >= 15 is 0 Å². The van der Waals surface area contributed by atoms with Crippen LogP contribution in [0, 0.1) is 29.1 Å². The molecule has 4 aliphatic rings. The van der Waals surface area contributed by atoms with Gasteiger partial charge < -0.3 is 10.2 Å². The first kappa shape index (κ1) is 13.3. The largest absolute Gasteiger partial charge is 0.393 e. The number of hydrogen-bond donors (Lipinski definition) is 2. The predicted octanol–water partition coefficient (Wildman–Crippen LogP) is 3.28. The van der Waals surface area contributed by atoms with E-state index in [2.05, 4.69) is 13.0 Å². The molecule has 2 heteroatoms. The lowest BCUT2D eigenvalue weighted by Crippen LogP contribution is -2.47. The highest BCUT2D eigenvalue weighted by molar-refractivity contribution is 5.20. The Morgan fingerprint density at radius 3 is 2.70 bits per heavy atom. The summed E-state index contributed by atoms with van der Waals surface area (Å²) < 4.78 is 0. The third kappa shape index (κ3) is 1.77. The molecule has 0 spiro atoms. The van der Waals surface area contributed by atoms with Crippen molar-refractivity contribution in [3.8, 4) is 0 Å². The summed E-state index contributed by atoms with van der Waals surface area (Å²) in [5.74, 6) is 3.18. The maximum absolute atomic E-state index is 10.4. The molecule has 0 unspecified atom stereocenters. The summed E-state index contributed by atoms with van der Waals surface area (Å²) >= 11 is 0. The van der Waals surface area contributed by atoms with Gasteiger partial charge in [0.15, 0.2) is 0 Å². The maximum Gasteiger partial charge on any atom is 0.0723 e. The Labute approximate surface area is 122 Å². The van der Waals surface area contributed by atoms with Crippen LogP contribution >= 0.6 is 0 Å². The van der Waals surface area contributed by atoms with Gasteiger partial charge in [0.25, 0.3) is 0 Å². The molecule has 0 aliphatic heterocycles. The van der Waals surface area contributed by atoms with E-state index in [4.69, 9.17) is 0 Å². The molecule has 3 fully saturated rings. The molecule has 112 valence electrons. The molecule has 0 aromatic carbocycles. The number of allylic oxidation sites excluding steroid dienone is 1. The van der Waals surface area contributed by atoms with Crippen molar-refractivity contribution in [3.63, 3.8) is 0 Å². The van der Waals surface area contributed by atoms with Crippen LogP contribution in [0.3, 0.4) is 0 Å². The zero-order valence-electron chi connectivity index (χ0n) is 12.6. The second-order valence-corrected chi connectivity index (χ2v) is 8.10. The highest BCUT2D eigenvalue weighted by atomic mass is 16.3. The van der Waals surface area contributed by atoms with E-state index < -0.39 is 0 Å². The molecule has 4 rings (SSSR count). The molecule has 0 saturated heterocycles. The SMILES string of the molecule is C[C@]12CC[C@H]3[C@@H](CCC4=C[C@@H](O)CC[C@H]43)[C@H]1CC[C@@H]2O. The van der Waals surface area contributed by atoms with Crippen molar-refractivity contribution in [2.45, 2.75) is 70.5 Å². The number of rotatable bonds is 0. The minimum Gasteiger partial charge on any atom is -0.393 e. The molecular weight excluding hydrogens is 248 g/mol. The average molecular weight is 276 g/mol. The van der Waals surface area contributed by atoms with E-state index in [9.17, 15) is 10.2 Å². The first-order valence-corrected chi connectivity index (χ1v) is 8.66. The molecule has 0 bridgehead atoms. The lowest BCUT2D eigenvalue weighted by Gasteiger charge is -2.53. The van der Waals surface area contributed by atoms with Gasteiger partial charge in [-0.3, -0.25) is 0 Å². The van der Waals surface area contributed by atoms with Crippen molar-refractivity contribution in [1.82, 2.24) is 0 Å². The summed E-state index contributed by atoms with van der Waals surface area (Å²) in [6.07, 6.45) is 11.4. The van der Waals surface area contributed by atoms with Gasteiger partial charge in [0.05, 0.1) is 12.2 Å². The van der Waals surface area contributed by atoms with Crippen LogP contribution in [0.25, 0.3) is 0 Å². The molecule has 0 amide bonds. The van der Waals surface area contributed by atoms with Gasteiger partial charge in [-0.15, -0.1) is 0 Å². The fourth-order valence-corrected chi connectivity index (χ4v) is 6.28. The maximum atomic E-state index is 10.4. The molecule has 2 nitrogen and oxygen atoms in total. The van der Waals surface area contributed by atoms with Crippen molar-refractivity contribution in [2.75, 3.05) is 0 Å². The molecule has 0 heterocycles. The summed E-state index contributed by atoms with van der Waals surface area (Å²) in [4.78, 5) is 0. The highest BCUT2D eigenvalue weighted by Crippen LogP contribution is 2.61. The van der Waals surface area contributed by atoms with Crippen LogP contribution in [-0.2, 0) is 0 Å². The lowest BCUT2D eigenvalue weighted by molar-refractivity contribution is -0.0548. The summed E-state index contributed by atoms with van der Waals surface area (Å²) in [6, 6.07) is 0. The molecule has 7 atom stereocenters. The van der Waals surface area contributed by atoms with Gasteiger partial charge in [-0.1, -0.05) is 18.6 Å². The monoisotopic (exact) mass is 276 g/mol. The van der Waals surface area contributed by atoms with Gasteiger partial charge >= 0.3 is 0 Å². The fourth-order valence-electron chi connectivity index (χ4n) is 6.28. The molecule has 20 heavy (non-hydrogen) atoms. The second-order valence-electron chi connectivity index (χ2n) is 8.10. The second kappa shape index (κ2) is 4.58. The summed E-state index contributed by atoms with van der Waals surface area (Å²) in [6.45, 7) is 2.35. The zero-order valence-corrected chi connectivity index (χ0v) is 12.6. The van der Waals surface area contributed by atoms with Gasteiger partial charge in [0.1, 0.15) is 0 Å². The minimum atomic E-state index is -0.181. The van der Waals surface area contributed by atoms with Crippen LogP contribution in [-0.4, -0.2) is 22.4 Å². The summed E-state index contributed by atoms with van der Waals surface area (Å²) in [5.41, 5.74) is 1.77. The lowest BCUT2D eigenvalue weighted by atomic mass is 9.52. The van der Waals surface area contributed by atoms with Crippen LogP contribution < -0.4 is 0 Å². The number of hydrogen-bond acceptors (Lipinski definition) is 2. The summed E-state index contributed by atoms with van der Waals surface area (Å²) in [5, 5.41) is 20.3. The van der Waals surface area contributed by atoms with E-state index in [0.29, 0.717) is 0 Å². The molecule has 4 aliphatic carbocycles. The zero-order chi connectivity index (χ0) is 13.9. The Bertz CT molecular complexity index is 429. The molecule has 0 aromatic heterocycles. The summed E-state index contributed by atoms with van der Waals surface area (Å²) in [7, 11) is 0. The first-order valence-electron chi connectivity index (χ1n) is 8.66. The Balaban J connectivity index is 1.62. The smallest absolute Gasteiger partial charge is 0.0723 e. The van der Waals surface area contributed by atoms with E-state index in [0.717, 1.165) is 36.5 Å². The van der Waals surface area contributed by atoms with E-state index in [1.165, 1.54) is 38.5 Å². The van der Waals surface area contributed by atoms with Gasteiger partial charge in [-0.05, 0) is 80.5 Å². The van der Waals surface area contributed by atoms with Crippen molar-refractivity contribution >= 4 is 0 Å². The van der Waals surface area contributed by atoms with Gasteiger partial charge in [0.2, 0.25) is 0 Å². The topological polar surface area (TPSA) is 40.5 Å². The van der Waals surface area contributed by atoms with Crippen LogP contribution in [0.15, 0.2) is 11.6 Å². The van der Waals surface area contributed by atoms with E-state index in [-0.39, 0.29) is 17.6 Å². The van der Waals surface area contributed by atoms with Crippen molar-refractivity contribution in [3.05, 3.63) is 11.6 Å². The minimum absolute atomic E-state index is 0.0569. The predicted molar refractivity (Wildman–Crippen MR) is 79.1 cm³/mol. The first-order chi connectivity index (χ1) is 9.59. The number of fused-ring (bicyclic) bond motifs is 5. The fraction of sp³-hybridized carbons (Fsp3) is 0.889. The molecular formula is C18H28O2. The Morgan fingerprint density at radius 1 is 1.00 bits per heavy atom. The van der Waals surface area contributed by atoms with Gasteiger partial charge in [-0.2, -0.15) is 0 Å². The van der Waals surface area contributed by atoms with Crippen LogP contribution in [0.2, 0.25) is 0 Å². The normalized spacial score (nSPS) is 54.6. The quantitative estimate of drug-likeness (QED) is 0.667. The highest BCUT2D eigenvalue weighted by Gasteiger charge is 2.55. The van der Waals surface area contributed by atoms with Crippen molar-refractivity contribution in [2.24, 2.45) is 29.1 Å². The van der Waals surface area contributed by atoms with Crippen molar-refractivity contribution < 1.29 is 10.2 Å². The van der Waals surface area contributed by atoms with E-state index in [1.807, 2.05) is 0 Å². The third-order valence-corrected chi connectivity index (χ3v) is 7.38. The average Bonchev–Trinajstić information content (AvgIpc) is 2.74. The third-order valence-electron chi connectivity index (χ3n) is 7.38. The number of aliphatic hydroxyl groups excluding tert-OH is 2. The molecule has 2 N–H and O–H groups in total. The number of aliphatic hydroxyl groups is 2.